The van der Waals surface area contributed by atoms with Crippen molar-refractivity contribution in [2.75, 3.05) is 5.73 Å². The van der Waals surface area contributed by atoms with Crippen LogP contribution >= 0.6 is 0 Å². The predicted molar refractivity (Wildman–Crippen MR) is 114 cm³/mol. The van der Waals surface area contributed by atoms with Gasteiger partial charge in [-0.05, 0) is 12.1 Å². The maximum atomic E-state index is 10.3. The molecule has 3 N–H and O–H groups in total. The summed E-state index contributed by atoms with van der Waals surface area (Å²) in [4.78, 5) is 8.68. The van der Waals surface area contributed by atoms with Gasteiger partial charge in [0.15, 0.2) is 0 Å². The van der Waals surface area contributed by atoms with Gasteiger partial charge in [-0.3, -0.25) is 4.98 Å². The van der Waals surface area contributed by atoms with Gasteiger partial charge >= 0.3 is 0 Å². The summed E-state index contributed by atoms with van der Waals surface area (Å²) in [6.07, 6.45) is 3.31. The molecule has 2 aromatic heterocycles. The van der Waals surface area contributed by atoms with Crippen LogP contribution in [0.4, 0.5) is 5.69 Å². The summed E-state index contributed by atoms with van der Waals surface area (Å²) < 4.78 is 0. The molecule has 0 fully saturated rings. The molecule has 2 rings (SSSR count). The molecule has 0 amide bonds. The number of aromatic hydroxyl groups is 1. The lowest BCUT2D eigenvalue weighted by Gasteiger charge is -2.08. The highest BCUT2D eigenvalue weighted by Crippen LogP contribution is 2.30. The number of anilines is 1. The summed E-state index contributed by atoms with van der Waals surface area (Å²) in [7, 11) is -2.95. The van der Waals surface area contributed by atoms with E-state index in [0.717, 1.165) is 5.56 Å². The number of nitrogen functional groups attached to an aromatic ring is 1. The molecule has 0 aliphatic rings. The Bertz CT molecular complexity index is 870. The summed E-state index contributed by atoms with van der Waals surface area (Å²) in [5.74, 6) is 6.23. The SMILES string of the molecule is C[Si](C)(C)C#Cc1cnc(-c2ncc(C#C[Si](C)(C)C)cc2O)c(N)c1. The van der Waals surface area contributed by atoms with Gasteiger partial charge in [-0.15, -0.1) is 11.1 Å². The van der Waals surface area contributed by atoms with Crippen LogP contribution in [0.3, 0.4) is 0 Å². The Balaban J connectivity index is 2.36. The second-order valence-corrected chi connectivity index (χ2v) is 17.8. The minimum absolute atomic E-state index is 0.0208. The standard InChI is InChI=1S/C20H25N3OSi2/c1-25(2,3)9-7-15-11-17(21)19(22-13-15)20-18(24)12-16(14-23-20)8-10-26(4,5)6/h11-14,24H,21H2,1-6H3. The van der Waals surface area contributed by atoms with E-state index >= 15 is 0 Å². The molecule has 2 heterocycles. The van der Waals surface area contributed by atoms with Crippen molar-refractivity contribution in [3.63, 3.8) is 0 Å². The van der Waals surface area contributed by atoms with Crippen LogP contribution in [0.15, 0.2) is 24.5 Å². The zero-order chi connectivity index (χ0) is 19.5. The fraction of sp³-hybridized carbons (Fsp3) is 0.300. The number of aromatic nitrogens is 2. The van der Waals surface area contributed by atoms with Crippen LogP contribution in [0.5, 0.6) is 5.75 Å². The molecule has 0 saturated heterocycles. The molecule has 134 valence electrons. The molecule has 0 atom stereocenters. The lowest BCUT2D eigenvalue weighted by Crippen LogP contribution is -2.16. The number of rotatable bonds is 1. The van der Waals surface area contributed by atoms with Crippen molar-refractivity contribution in [2.45, 2.75) is 39.3 Å². The first-order chi connectivity index (χ1) is 11.9. The van der Waals surface area contributed by atoms with Crippen LogP contribution in [0.1, 0.15) is 11.1 Å². The maximum Gasteiger partial charge on any atom is 0.144 e. The lowest BCUT2D eigenvalue weighted by atomic mass is 10.1. The van der Waals surface area contributed by atoms with Gasteiger partial charge in [0.05, 0.1) is 5.69 Å². The van der Waals surface area contributed by atoms with Gasteiger partial charge in [-0.1, -0.05) is 51.1 Å². The molecule has 0 aliphatic carbocycles. The minimum Gasteiger partial charge on any atom is -0.506 e. The predicted octanol–water partition coefficient (Wildman–Crippen LogP) is 3.89. The van der Waals surface area contributed by atoms with Crippen LogP contribution in [-0.2, 0) is 0 Å². The number of hydrogen-bond donors (Lipinski definition) is 2. The number of pyridine rings is 2. The highest BCUT2D eigenvalue weighted by molar-refractivity contribution is 6.84. The van der Waals surface area contributed by atoms with Crippen LogP contribution in [0, 0.1) is 22.9 Å². The first-order valence-corrected chi connectivity index (χ1v) is 15.5. The van der Waals surface area contributed by atoms with Crippen LogP contribution in [-0.4, -0.2) is 31.2 Å². The smallest absolute Gasteiger partial charge is 0.144 e. The fourth-order valence-electron chi connectivity index (χ4n) is 1.97. The average molecular weight is 380 g/mol. The van der Waals surface area contributed by atoms with Crippen LogP contribution < -0.4 is 5.73 Å². The highest BCUT2D eigenvalue weighted by atomic mass is 28.3. The van der Waals surface area contributed by atoms with Gasteiger partial charge in [0, 0.05) is 23.5 Å². The largest absolute Gasteiger partial charge is 0.506 e. The molecule has 0 aromatic carbocycles. The Morgan fingerprint density at radius 1 is 0.808 bits per heavy atom. The zero-order valence-corrected chi connectivity index (χ0v) is 18.2. The second-order valence-electron chi connectivity index (χ2n) is 8.25. The van der Waals surface area contributed by atoms with Crippen molar-refractivity contribution in [3.05, 3.63) is 35.7 Å². The second kappa shape index (κ2) is 7.37. The van der Waals surface area contributed by atoms with E-state index in [1.807, 2.05) is 0 Å². The lowest BCUT2D eigenvalue weighted by molar-refractivity contribution is 0.474. The topological polar surface area (TPSA) is 72.0 Å². The van der Waals surface area contributed by atoms with E-state index in [1.54, 1.807) is 24.5 Å². The normalized spacial score (nSPS) is 11.2. The molecule has 0 bridgehead atoms. The van der Waals surface area contributed by atoms with E-state index in [1.165, 1.54) is 0 Å². The highest BCUT2D eigenvalue weighted by Gasteiger charge is 2.13. The van der Waals surface area contributed by atoms with Gasteiger partial charge in [-0.2, -0.15) is 0 Å². The van der Waals surface area contributed by atoms with Crippen molar-refractivity contribution in [1.82, 2.24) is 9.97 Å². The molecular weight excluding hydrogens is 354 g/mol. The third-order valence-corrected chi connectivity index (χ3v) is 4.92. The van der Waals surface area contributed by atoms with E-state index in [0.29, 0.717) is 22.6 Å². The molecule has 0 unspecified atom stereocenters. The van der Waals surface area contributed by atoms with Crippen molar-refractivity contribution in [3.8, 4) is 40.1 Å². The Morgan fingerprint density at radius 2 is 1.27 bits per heavy atom. The zero-order valence-electron chi connectivity index (χ0n) is 16.2. The van der Waals surface area contributed by atoms with Crippen LogP contribution in [0.25, 0.3) is 11.4 Å². The first kappa shape index (κ1) is 19.8. The van der Waals surface area contributed by atoms with Crippen molar-refractivity contribution in [1.29, 1.82) is 0 Å². The van der Waals surface area contributed by atoms with E-state index in [4.69, 9.17) is 5.73 Å². The van der Waals surface area contributed by atoms with E-state index < -0.39 is 16.1 Å². The third-order valence-electron chi connectivity index (χ3n) is 3.17. The minimum atomic E-state index is -1.48. The summed E-state index contributed by atoms with van der Waals surface area (Å²) in [6.45, 7) is 13.0. The summed E-state index contributed by atoms with van der Waals surface area (Å²) in [5.41, 5.74) is 15.4. The van der Waals surface area contributed by atoms with Gasteiger partial charge in [-0.25, -0.2) is 4.98 Å². The number of hydrogen-bond acceptors (Lipinski definition) is 4. The molecule has 0 radical (unpaired) electrons. The Kier molecular flexibility index (Phi) is 5.60. The number of nitrogens with zero attached hydrogens (tertiary/aromatic N) is 2. The van der Waals surface area contributed by atoms with Crippen LogP contribution in [0.2, 0.25) is 39.3 Å². The van der Waals surface area contributed by atoms with Gasteiger partial charge in [0.2, 0.25) is 0 Å². The Labute approximate surface area is 157 Å². The van der Waals surface area contributed by atoms with Crippen molar-refractivity contribution in [2.24, 2.45) is 0 Å². The summed E-state index contributed by atoms with van der Waals surface area (Å²) in [5, 5.41) is 10.3. The molecule has 26 heavy (non-hydrogen) atoms. The van der Waals surface area contributed by atoms with Gasteiger partial charge < -0.3 is 10.8 Å². The van der Waals surface area contributed by atoms with Gasteiger partial charge in [0.1, 0.15) is 33.3 Å². The molecule has 0 saturated carbocycles. The maximum absolute atomic E-state index is 10.3. The molecule has 4 nitrogen and oxygen atoms in total. The van der Waals surface area contributed by atoms with Gasteiger partial charge in [0.25, 0.3) is 0 Å². The molecule has 6 heteroatoms. The molecule has 0 aliphatic heterocycles. The Hall–Kier alpha value is -2.55. The number of nitrogens with two attached hydrogens (primary N) is 1. The van der Waals surface area contributed by atoms with E-state index in [9.17, 15) is 5.11 Å². The van der Waals surface area contributed by atoms with E-state index in [-0.39, 0.29) is 5.75 Å². The monoisotopic (exact) mass is 379 g/mol. The fourth-order valence-corrected chi connectivity index (χ4v) is 3.01. The summed E-state index contributed by atoms with van der Waals surface area (Å²) >= 11 is 0. The molecule has 2 aromatic rings. The van der Waals surface area contributed by atoms with Crippen molar-refractivity contribution < 1.29 is 5.11 Å². The molecule has 0 spiro atoms. The third kappa shape index (κ3) is 5.77. The van der Waals surface area contributed by atoms with Crippen molar-refractivity contribution >= 4 is 21.8 Å². The summed E-state index contributed by atoms with van der Waals surface area (Å²) in [6, 6.07) is 3.38. The molecular formula is C20H25N3OSi2. The van der Waals surface area contributed by atoms with E-state index in [2.05, 4.69) is 72.2 Å². The average Bonchev–Trinajstić information content (AvgIpc) is 2.50. The quantitative estimate of drug-likeness (QED) is 0.582. The Morgan fingerprint density at radius 3 is 1.69 bits per heavy atom. The first-order valence-electron chi connectivity index (χ1n) is 8.46.